The van der Waals surface area contributed by atoms with E-state index in [2.05, 4.69) is 70.6 Å². The average molecular weight is 382 g/mol. The van der Waals surface area contributed by atoms with Crippen molar-refractivity contribution < 1.29 is 4.74 Å². The molecule has 0 aromatic heterocycles. The predicted octanol–water partition coefficient (Wildman–Crippen LogP) is 5.95. The summed E-state index contributed by atoms with van der Waals surface area (Å²) in [4.78, 5) is 0. The lowest BCUT2D eigenvalue weighted by molar-refractivity contribution is 0.303. The largest absolute Gasteiger partial charge is 0.489 e. The smallest absolute Gasteiger partial charge is 0.124 e. The average Bonchev–Trinajstić information content (AvgIpc) is 2.60. The van der Waals surface area contributed by atoms with Crippen LogP contribution in [0.2, 0.25) is 0 Å². The molecule has 0 aliphatic carbocycles. The van der Waals surface area contributed by atoms with Crippen molar-refractivity contribution >= 4 is 21.6 Å². The highest BCUT2D eigenvalue weighted by Gasteiger charge is 2.06. The Bertz CT molecular complexity index is 802. The number of aryl methyl sites for hydroxylation is 1. The maximum absolute atomic E-state index is 6.03. The van der Waals surface area contributed by atoms with Crippen LogP contribution in [0.15, 0.2) is 77.3 Å². The molecule has 0 amide bonds. The minimum atomic E-state index is 0.569. The van der Waals surface area contributed by atoms with Gasteiger partial charge in [-0.05, 0) is 48.4 Å². The van der Waals surface area contributed by atoms with Crippen molar-refractivity contribution in [3.63, 3.8) is 0 Å². The summed E-state index contributed by atoms with van der Waals surface area (Å²) < 4.78 is 7.08. The Morgan fingerprint density at radius 2 is 1.75 bits per heavy atom. The van der Waals surface area contributed by atoms with Gasteiger partial charge in [0.15, 0.2) is 0 Å². The van der Waals surface area contributed by atoms with Gasteiger partial charge < -0.3 is 10.1 Å². The quantitative estimate of drug-likeness (QED) is 0.569. The van der Waals surface area contributed by atoms with Gasteiger partial charge in [0, 0.05) is 22.3 Å². The molecule has 3 aromatic carbocycles. The van der Waals surface area contributed by atoms with Gasteiger partial charge in [-0.1, -0.05) is 58.4 Å². The molecule has 0 fully saturated rings. The van der Waals surface area contributed by atoms with Crippen LogP contribution < -0.4 is 10.1 Å². The predicted molar refractivity (Wildman–Crippen MR) is 103 cm³/mol. The van der Waals surface area contributed by atoms with Crippen LogP contribution in [0.4, 0.5) is 5.69 Å². The molecule has 3 rings (SSSR count). The van der Waals surface area contributed by atoms with E-state index >= 15 is 0 Å². The van der Waals surface area contributed by atoms with Crippen molar-refractivity contribution in [2.24, 2.45) is 0 Å². The first-order valence-corrected chi connectivity index (χ1v) is 8.76. The van der Waals surface area contributed by atoms with Crippen LogP contribution >= 0.6 is 15.9 Å². The van der Waals surface area contributed by atoms with Crippen LogP contribution in [0.3, 0.4) is 0 Å². The Morgan fingerprint density at radius 3 is 2.54 bits per heavy atom. The molecule has 2 nitrogen and oxygen atoms in total. The molecule has 0 bridgehead atoms. The number of ether oxygens (including phenoxy) is 1. The van der Waals surface area contributed by atoms with E-state index < -0.39 is 0 Å². The van der Waals surface area contributed by atoms with Gasteiger partial charge in [0.2, 0.25) is 0 Å². The standard InChI is InChI=1S/C21H20BrNO/c1-16-6-5-9-20(12-16)23-14-18-13-19(22)10-11-21(18)24-15-17-7-3-2-4-8-17/h2-13,23H,14-15H2,1H3. The zero-order valence-corrected chi connectivity index (χ0v) is 15.2. The molecule has 0 saturated heterocycles. The summed E-state index contributed by atoms with van der Waals surface area (Å²) in [6.07, 6.45) is 0. The summed E-state index contributed by atoms with van der Waals surface area (Å²) in [5.41, 5.74) is 4.65. The Hall–Kier alpha value is -2.26. The maximum atomic E-state index is 6.03. The number of rotatable bonds is 6. The van der Waals surface area contributed by atoms with Crippen molar-refractivity contribution in [2.75, 3.05) is 5.32 Å². The number of nitrogens with one attached hydrogen (secondary N) is 1. The highest BCUT2D eigenvalue weighted by Crippen LogP contribution is 2.25. The summed E-state index contributed by atoms with van der Waals surface area (Å²) in [5, 5.41) is 3.47. The van der Waals surface area contributed by atoms with Gasteiger partial charge in [0.25, 0.3) is 0 Å². The van der Waals surface area contributed by atoms with Gasteiger partial charge in [-0.2, -0.15) is 0 Å². The third-order valence-electron chi connectivity index (χ3n) is 3.76. The molecule has 0 spiro atoms. The number of anilines is 1. The molecule has 3 aromatic rings. The Kier molecular flexibility index (Phi) is 5.55. The SMILES string of the molecule is Cc1cccc(NCc2cc(Br)ccc2OCc2ccccc2)c1. The number of benzene rings is 3. The molecule has 0 unspecified atom stereocenters. The normalized spacial score (nSPS) is 10.4. The summed E-state index contributed by atoms with van der Waals surface area (Å²) in [7, 11) is 0. The van der Waals surface area contributed by atoms with Gasteiger partial charge in [0.1, 0.15) is 12.4 Å². The second kappa shape index (κ2) is 8.02. The van der Waals surface area contributed by atoms with Crippen molar-refractivity contribution in [1.29, 1.82) is 0 Å². The van der Waals surface area contributed by atoms with Crippen molar-refractivity contribution in [1.82, 2.24) is 0 Å². The van der Waals surface area contributed by atoms with E-state index in [1.165, 1.54) is 5.56 Å². The van der Waals surface area contributed by atoms with Crippen molar-refractivity contribution in [2.45, 2.75) is 20.1 Å². The van der Waals surface area contributed by atoms with E-state index in [9.17, 15) is 0 Å². The molecule has 24 heavy (non-hydrogen) atoms. The Morgan fingerprint density at radius 1 is 0.917 bits per heavy atom. The van der Waals surface area contributed by atoms with E-state index in [4.69, 9.17) is 4.74 Å². The van der Waals surface area contributed by atoms with Crippen molar-refractivity contribution in [3.8, 4) is 5.75 Å². The van der Waals surface area contributed by atoms with Crippen LogP contribution in [0.5, 0.6) is 5.75 Å². The van der Waals surface area contributed by atoms with Gasteiger partial charge in [-0.25, -0.2) is 0 Å². The molecule has 0 heterocycles. The molecule has 0 aliphatic rings. The van der Waals surface area contributed by atoms with Gasteiger partial charge in [-0.15, -0.1) is 0 Å². The van der Waals surface area contributed by atoms with Gasteiger partial charge in [-0.3, -0.25) is 0 Å². The molecular weight excluding hydrogens is 362 g/mol. The van der Waals surface area contributed by atoms with E-state index in [1.54, 1.807) is 0 Å². The molecule has 1 N–H and O–H groups in total. The summed E-state index contributed by atoms with van der Waals surface area (Å²) in [5.74, 6) is 0.905. The highest BCUT2D eigenvalue weighted by molar-refractivity contribution is 9.10. The van der Waals surface area contributed by atoms with E-state index in [0.717, 1.165) is 27.0 Å². The van der Waals surface area contributed by atoms with Crippen LogP contribution in [0.25, 0.3) is 0 Å². The molecule has 0 aliphatic heterocycles. The van der Waals surface area contributed by atoms with E-state index in [1.807, 2.05) is 30.3 Å². The highest BCUT2D eigenvalue weighted by atomic mass is 79.9. The zero-order valence-electron chi connectivity index (χ0n) is 13.6. The maximum Gasteiger partial charge on any atom is 0.124 e. The fraction of sp³-hybridized carbons (Fsp3) is 0.143. The number of halogens is 1. The topological polar surface area (TPSA) is 21.3 Å². The number of hydrogen-bond donors (Lipinski definition) is 1. The lowest BCUT2D eigenvalue weighted by atomic mass is 10.1. The monoisotopic (exact) mass is 381 g/mol. The zero-order chi connectivity index (χ0) is 16.8. The molecule has 122 valence electrons. The summed E-state index contributed by atoms with van der Waals surface area (Å²) >= 11 is 3.55. The molecular formula is C21H20BrNO. The Balaban J connectivity index is 1.70. The van der Waals surface area contributed by atoms with Gasteiger partial charge >= 0.3 is 0 Å². The lowest BCUT2D eigenvalue weighted by Crippen LogP contribution is -2.04. The first-order chi connectivity index (χ1) is 11.7. The van der Waals surface area contributed by atoms with Crippen LogP contribution in [-0.4, -0.2) is 0 Å². The minimum absolute atomic E-state index is 0.569. The summed E-state index contributed by atoms with van der Waals surface area (Å²) in [6, 6.07) is 24.7. The van der Waals surface area contributed by atoms with Crippen molar-refractivity contribution in [3.05, 3.63) is 94.0 Å². The molecule has 0 saturated carbocycles. The minimum Gasteiger partial charge on any atom is -0.489 e. The van der Waals surface area contributed by atoms with Crippen LogP contribution in [-0.2, 0) is 13.2 Å². The second-order valence-corrected chi connectivity index (χ2v) is 6.67. The summed E-state index contributed by atoms with van der Waals surface area (Å²) in [6.45, 7) is 3.38. The van der Waals surface area contributed by atoms with Crippen LogP contribution in [0, 0.1) is 6.92 Å². The second-order valence-electron chi connectivity index (χ2n) is 5.75. The lowest BCUT2D eigenvalue weighted by Gasteiger charge is -2.14. The Labute approximate surface area is 151 Å². The van der Waals surface area contributed by atoms with E-state index in [-0.39, 0.29) is 0 Å². The van der Waals surface area contributed by atoms with E-state index in [0.29, 0.717) is 13.2 Å². The third kappa shape index (κ3) is 4.62. The fourth-order valence-electron chi connectivity index (χ4n) is 2.51. The fourth-order valence-corrected chi connectivity index (χ4v) is 2.92. The number of hydrogen-bond acceptors (Lipinski definition) is 2. The molecule has 0 atom stereocenters. The molecule has 3 heteroatoms. The first kappa shape index (κ1) is 16.6. The van der Waals surface area contributed by atoms with Crippen LogP contribution in [0.1, 0.15) is 16.7 Å². The first-order valence-electron chi connectivity index (χ1n) is 7.96. The molecule has 0 radical (unpaired) electrons. The van der Waals surface area contributed by atoms with Gasteiger partial charge in [0.05, 0.1) is 0 Å². The third-order valence-corrected chi connectivity index (χ3v) is 4.25.